The van der Waals surface area contributed by atoms with E-state index in [0.717, 1.165) is 55.2 Å². The lowest BCUT2D eigenvalue weighted by molar-refractivity contribution is 0.102. The van der Waals surface area contributed by atoms with Gasteiger partial charge in [-0.05, 0) is 56.0 Å². The van der Waals surface area contributed by atoms with Gasteiger partial charge in [0.05, 0.1) is 5.69 Å². The molecule has 27 heavy (non-hydrogen) atoms. The Hall–Kier alpha value is -2.18. The summed E-state index contributed by atoms with van der Waals surface area (Å²) in [5, 5.41) is 4.95. The molecule has 2 N–H and O–H groups in total. The first-order valence-electron chi connectivity index (χ1n) is 9.87. The number of likely N-dealkylation sites (N-methyl/N-ethyl adjacent to an activating group) is 1. The lowest BCUT2D eigenvalue weighted by Gasteiger charge is -2.23. The van der Waals surface area contributed by atoms with Crippen molar-refractivity contribution < 1.29 is 4.79 Å². The maximum Gasteiger partial charge on any atom is 0.257 e. The van der Waals surface area contributed by atoms with Crippen LogP contribution in [0, 0.1) is 0 Å². The average molecular weight is 381 g/mol. The number of fused-ring (bicyclic) bond motifs is 4. The van der Waals surface area contributed by atoms with Crippen LogP contribution >= 0.6 is 11.3 Å². The number of aryl methyl sites for hydroxylation is 2. The van der Waals surface area contributed by atoms with Crippen LogP contribution in [-0.2, 0) is 25.8 Å². The van der Waals surface area contributed by atoms with Gasteiger partial charge in [0.2, 0.25) is 0 Å². The largest absolute Gasteiger partial charge is 0.358 e. The van der Waals surface area contributed by atoms with E-state index in [4.69, 9.17) is 0 Å². The highest BCUT2D eigenvalue weighted by atomic mass is 32.1. The first kappa shape index (κ1) is 17.0. The third kappa shape index (κ3) is 3.07. The summed E-state index contributed by atoms with van der Waals surface area (Å²) in [6, 6.07) is 5.98. The second-order valence-corrected chi connectivity index (χ2v) is 8.59. The molecule has 0 saturated heterocycles. The zero-order chi connectivity index (χ0) is 18.4. The van der Waals surface area contributed by atoms with E-state index in [0.29, 0.717) is 5.56 Å². The number of amides is 1. The van der Waals surface area contributed by atoms with Gasteiger partial charge in [0.15, 0.2) is 5.13 Å². The van der Waals surface area contributed by atoms with E-state index in [-0.39, 0.29) is 5.91 Å². The number of H-pyrrole nitrogens is 1. The minimum atomic E-state index is -0.0684. The monoisotopic (exact) mass is 380 g/mol. The zero-order valence-corrected chi connectivity index (χ0v) is 16.4. The van der Waals surface area contributed by atoms with Gasteiger partial charge in [-0.25, -0.2) is 4.98 Å². The lowest BCUT2D eigenvalue weighted by atomic mass is 9.95. The van der Waals surface area contributed by atoms with E-state index in [1.807, 2.05) is 18.2 Å². The van der Waals surface area contributed by atoms with Crippen molar-refractivity contribution in [1.82, 2.24) is 14.9 Å². The molecule has 140 valence electrons. The Kier molecular flexibility index (Phi) is 4.25. The molecule has 0 spiro atoms. The number of hydrogen-bond acceptors (Lipinski definition) is 4. The van der Waals surface area contributed by atoms with Gasteiger partial charge >= 0.3 is 0 Å². The molecule has 0 saturated carbocycles. The summed E-state index contributed by atoms with van der Waals surface area (Å²) in [6.45, 7) is 5.24. The molecular formula is C21H24N4OS. The topological polar surface area (TPSA) is 61.0 Å². The first-order valence-corrected chi connectivity index (χ1v) is 10.7. The average Bonchev–Trinajstić information content (AvgIpc) is 3.27. The van der Waals surface area contributed by atoms with Crippen LogP contribution in [0.15, 0.2) is 18.2 Å². The number of aromatic amines is 1. The molecule has 3 aromatic rings. The van der Waals surface area contributed by atoms with Gasteiger partial charge in [0, 0.05) is 46.5 Å². The number of benzene rings is 1. The van der Waals surface area contributed by atoms with E-state index in [2.05, 4.69) is 27.1 Å². The highest BCUT2D eigenvalue weighted by Crippen LogP contribution is 2.31. The van der Waals surface area contributed by atoms with Gasteiger partial charge in [-0.1, -0.05) is 6.92 Å². The SMILES string of the molecule is CCN1CCc2nc(NC(=O)c3ccc4[nH]c5c(c4c3)CCCC5)sc2C1. The molecule has 1 amide bonds. The molecule has 3 heterocycles. The molecule has 0 radical (unpaired) electrons. The van der Waals surface area contributed by atoms with Crippen LogP contribution in [0.3, 0.4) is 0 Å². The second-order valence-electron chi connectivity index (χ2n) is 7.51. The van der Waals surface area contributed by atoms with Gasteiger partial charge in [-0.3, -0.25) is 15.0 Å². The fourth-order valence-electron chi connectivity index (χ4n) is 4.29. The molecule has 0 unspecified atom stereocenters. The fourth-order valence-corrected chi connectivity index (χ4v) is 5.33. The summed E-state index contributed by atoms with van der Waals surface area (Å²) >= 11 is 1.61. The van der Waals surface area contributed by atoms with Gasteiger partial charge in [0.1, 0.15) is 0 Å². The molecule has 0 fully saturated rings. The van der Waals surface area contributed by atoms with Crippen molar-refractivity contribution in [3.05, 3.63) is 45.6 Å². The molecule has 1 aromatic carbocycles. The number of nitrogens with one attached hydrogen (secondary N) is 2. The van der Waals surface area contributed by atoms with Gasteiger partial charge in [-0.15, -0.1) is 11.3 Å². The fraction of sp³-hybridized carbons (Fsp3) is 0.429. The van der Waals surface area contributed by atoms with Gasteiger partial charge in [-0.2, -0.15) is 0 Å². The summed E-state index contributed by atoms with van der Waals surface area (Å²) in [6.07, 6.45) is 5.67. The van der Waals surface area contributed by atoms with Crippen LogP contribution in [0.2, 0.25) is 0 Å². The predicted molar refractivity (Wildman–Crippen MR) is 110 cm³/mol. The van der Waals surface area contributed by atoms with Crippen molar-refractivity contribution in [2.24, 2.45) is 0 Å². The maximum atomic E-state index is 12.8. The van der Waals surface area contributed by atoms with Crippen LogP contribution < -0.4 is 5.32 Å². The molecule has 2 aliphatic rings. The summed E-state index contributed by atoms with van der Waals surface area (Å²) in [5.41, 5.74) is 5.74. The number of nitrogens with zero attached hydrogens (tertiary/aromatic N) is 2. The quantitative estimate of drug-likeness (QED) is 0.718. The van der Waals surface area contributed by atoms with Crippen molar-refractivity contribution in [3.63, 3.8) is 0 Å². The molecule has 5 nitrogen and oxygen atoms in total. The zero-order valence-electron chi connectivity index (χ0n) is 15.6. The normalized spacial score (nSPS) is 16.9. The van der Waals surface area contributed by atoms with Crippen molar-refractivity contribution in [3.8, 4) is 0 Å². The number of thiazole rings is 1. The van der Waals surface area contributed by atoms with Crippen molar-refractivity contribution in [2.45, 2.75) is 45.6 Å². The summed E-state index contributed by atoms with van der Waals surface area (Å²) < 4.78 is 0. The van der Waals surface area contributed by atoms with E-state index in [1.54, 1.807) is 11.3 Å². The van der Waals surface area contributed by atoms with E-state index in [1.165, 1.54) is 34.4 Å². The van der Waals surface area contributed by atoms with Crippen molar-refractivity contribution in [2.75, 3.05) is 18.4 Å². The number of anilines is 1. The number of aromatic nitrogens is 2. The Bertz CT molecular complexity index is 1020. The molecule has 1 aliphatic carbocycles. The maximum absolute atomic E-state index is 12.8. The minimum Gasteiger partial charge on any atom is -0.358 e. The van der Waals surface area contributed by atoms with Gasteiger partial charge < -0.3 is 4.98 Å². The van der Waals surface area contributed by atoms with Crippen LogP contribution in [0.1, 0.15) is 52.0 Å². The Morgan fingerprint density at radius 1 is 1.30 bits per heavy atom. The third-order valence-corrected chi connectivity index (χ3v) is 6.84. The minimum absolute atomic E-state index is 0.0684. The molecular weight excluding hydrogens is 356 g/mol. The Labute approximate surface area is 162 Å². The van der Waals surface area contributed by atoms with E-state index in [9.17, 15) is 4.79 Å². The molecule has 2 aromatic heterocycles. The van der Waals surface area contributed by atoms with Crippen LogP contribution in [0.5, 0.6) is 0 Å². The van der Waals surface area contributed by atoms with Crippen LogP contribution in [-0.4, -0.2) is 33.9 Å². The summed E-state index contributed by atoms with van der Waals surface area (Å²) in [7, 11) is 0. The third-order valence-electron chi connectivity index (χ3n) is 5.84. The van der Waals surface area contributed by atoms with Crippen LogP contribution in [0.4, 0.5) is 5.13 Å². The first-order chi connectivity index (χ1) is 13.2. The second kappa shape index (κ2) is 6.77. The molecule has 5 rings (SSSR count). The summed E-state index contributed by atoms with van der Waals surface area (Å²) in [4.78, 5) is 24.7. The molecule has 0 atom stereocenters. The predicted octanol–water partition coefficient (Wildman–Crippen LogP) is 4.13. The Morgan fingerprint density at radius 3 is 3.07 bits per heavy atom. The standard InChI is InChI=1S/C21H24N4OS/c1-2-25-10-9-18-19(12-25)27-21(23-18)24-20(26)13-7-8-17-15(11-13)14-5-3-4-6-16(14)22-17/h7-8,11,22H,2-6,9-10,12H2,1H3,(H,23,24,26). The van der Waals surface area contributed by atoms with E-state index >= 15 is 0 Å². The van der Waals surface area contributed by atoms with Crippen molar-refractivity contribution in [1.29, 1.82) is 0 Å². The Morgan fingerprint density at radius 2 is 2.19 bits per heavy atom. The molecule has 1 aliphatic heterocycles. The van der Waals surface area contributed by atoms with Crippen LogP contribution in [0.25, 0.3) is 10.9 Å². The van der Waals surface area contributed by atoms with Crippen molar-refractivity contribution >= 4 is 33.3 Å². The lowest BCUT2D eigenvalue weighted by Crippen LogP contribution is -2.29. The number of rotatable bonds is 3. The number of carbonyl (C=O) groups is 1. The smallest absolute Gasteiger partial charge is 0.257 e. The number of hydrogen-bond donors (Lipinski definition) is 2. The highest BCUT2D eigenvalue weighted by Gasteiger charge is 2.21. The molecule has 6 heteroatoms. The highest BCUT2D eigenvalue weighted by molar-refractivity contribution is 7.15. The van der Waals surface area contributed by atoms with Gasteiger partial charge in [0.25, 0.3) is 5.91 Å². The molecule has 0 bridgehead atoms. The van der Waals surface area contributed by atoms with E-state index < -0.39 is 0 Å². The Balaban J connectivity index is 1.39. The summed E-state index contributed by atoms with van der Waals surface area (Å²) in [5.74, 6) is -0.0684. The number of carbonyl (C=O) groups excluding carboxylic acids is 1.